The second-order valence-corrected chi connectivity index (χ2v) is 10.1. The van der Waals surface area contributed by atoms with Gasteiger partial charge in [-0.05, 0) is 60.7 Å². The first-order chi connectivity index (χ1) is 18.1. The Morgan fingerprint density at radius 2 is 1.84 bits per heavy atom. The number of terminal acetylenes is 1. The quantitative estimate of drug-likeness (QED) is 0.333. The average molecular weight is 484 g/mol. The molecule has 1 unspecified atom stereocenters. The van der Waals surface area contributed by atoms with E-state index in [9.17, 15) is 4.79 Å². The lowest BCUT2D eigenvalue weighted by Gasteiger charge is -2.17. The van der Waals surface area contributed by atoms with E-state index in [4.69, 9.17) is 6.42 Å². The molecule has 0 N–H and O–H groups in total. The summed E-state index contributed by atoms with van der Waals surface area (Å²) in [4.78, 5) is 28.5. The van der Waals surface area contributed by atoms with Crippen LogP contribution >= 0.6 is 0 Å². The maximum absolute atomic E-state index is 12.9. The average Bonchev–Trinajstić information content (AvgIpc) is 3.41. The number of benzene rings is 2. The van der Waals surface area contributed by atoms with E-state index in [0.29, 0.717) is 17.9 Å². The molecule has 5 aromatic rings. The number of carbonyl (C=O) groups excluding carboxylic acids is 1. The van der Waals surface area contributed by atoms with Gasteiger partial charge in [-0.2, -0.15) is 0 Å². The van der Waals surface area contributed by atoms with Gasteiger partial charge in [0, 0.05) is 59.5 Å². The lowest BCUT2D eigenvalue weighted by molar-refractivity contribution is 0.0790. The monoisotopic (exact) mass is 483 g/mol. The summed E-state index contributed by atoms with van der Waals surface area (Å²) in [5.41, 5.74) is 6.06. The van der Waals surface area contributed by atoms with Crippen molar-refractivity contribution in [1.82, 2.24) is 24.3 Å². The van der Waals surface area contributed by atoms with Gasteiger partial charge < -0.3 is 4.90 Å². The number of imidazole rings is 1. The van der Waals surface area contributed by atoms with E-state index in [1.165, 1.54) is 5.56 Å². The molecule has 4 heterocycles. The lowest BCUT2D eigenvalue weighted by Crippen LogP contribution is -2.28. The van der Waals surface area contributed by atoms with E-state index in [1.54, 1.807) is 0 Å². The normalized spacial score (nSPS) is 18.2. The molecule has 0 radical (unpaired) electrons. The maximum atomic E-state index is 12.9. The zero-order valence-corrected chi connectivity index (χ0v) is 20.3. The van der Waals surface area contributed by atoms with Crippen LogP contribution in [0.15, 0.2) is 79.4 Å². The molecule has 2 aliphatic rings. The molecule has 2 fully saturated rings. The zero-order valence-electron chi connectivity index (χ0n) is 20.3. The van der Waals surface area contributed by atoms with Crippen molar-refractivity contribution in [3.63, 3.8) is 0 Å². The minimum Gasteiger partial charge on any atom is -0.337 e. The third kappa shape index (κ3) is 3.58. The fourth-order valence-electron chi connectivity index (χ4n) is 5.64. The number of nitrogens with zero attached hydrogens (tertiary/aromatic N) is 5. The van der Waals surface area contributed by atoms with Crippen molar-refractivity contribution < 1.29 is 4.79 Å². The molecule has 6 nitrogen and oxygen atoms in total. The number of pyridine rings is 1. The molecule has 180 valence electrons. The lowest BCUT2D eigenvalue weighted by atomic mass is 9.91. The molecule has 7 rings (SSSR count). The Kier molecular flexibility index (Phi) is 4.87. The molecule has 1 saturated heterocycles. The van der Waals surface area contributed by atoms with Crippen LogP contribution in [0.1, 0.15) is 40.9 Å². The SMILES string of the molecule is C#CC1CCN(C(=O)c2ccc(-c3cnc4ncc(C5(c6ccc7ncccc7c6)CC5)n4c3)cc2)C1. The van der Waals surface area contributed by atoms with E-state index >= 15 is 0 Å². The summed E-state index contributed by atoms with van der Waals surface area (Å²) >= 11 is 0. The van der Waals surface area contributed by atoms with Crippen LogP contribution in [0.4, 0.5) is 0 Å². The highest BCUT2D eigenvalue weighted by molar-refractivity contribution is 5.95. The third-order valence-corrected chi connectivity index (χ3v) is 7.94. The first kappa shape index (κ1) is 21.8. The van der Waals surface area contributed by atoms with Crippen molar-refractivity contribution in [3.8, 4) is 23.5 Å². The van der Waals surface area contributed by atoms with Gasteiger partial charge >= 0.3 is 0 Å². The number of fused-ring (bicyclic) bond motifs is 2. The van der Waals surface area contributed by atoms with Gasteiger partial charge in [-0.3, -0.25) is 14.2 Å². The number of aromatic nitrogens is 4. The Labute approximate surface area is 215 Å². The van der Waals surface area contributed by atoms with Crippen LogP contribution in [-0.4, -0.2) is 43.2 Å². The van der Waals surface area contributed by atoms with Crippen molar-refractivity contribution in [2.75, 3.05) is 13.1 Å². The highest BCUT2D eigenvalue weighted by atomic mass is 16.2. The summed E-state index contributed by atoms with van der Waals surface area (Å²) < 4.78 is 2.12. The van der Waals surface area contributed by atoms with Crippen LogP contribution < -0.4 is 0 Å². The van der Waals surface area contributed by atoms with Gasteiger partial charge in [0.25, 0.3) is 5.91 Å². The smallest absolute Gasteiger partial charge is 0.253 e. The summed E-state index contributed by atoms with van der Waals surface area (Å²) in [6.07, 6.45) is 16.3. The van der Waals surface area contributed by atoms with Crippen LogP contribution in [0.25, 0.3) is 27.8 Å². The van der Waals surface area contributed by atoms with Crippen molar-refractivity contribution >= 4 is 22.6 Å². The summed E-state index contributed by atoms with van der Waals surface area (Å²) in [5.74, 6) is 3.66. The maximum Gasteiger partial charge on any atom is 0.253 e. The fraction of sp³-hybridized carbons (Fsp3) is 0.226. The molecular formula is C31H25N5O. The summed E-state index contributed by atoms with van der Waals surface area (Å²) in [6.45, 7) is 1.35. The second kappa shape index (κ2) is 8.28. The molecule has 1 atom stereocenters. The van der Waals surface area contributed by atoms with Gasteiger partial charge in [0.1, 0.15) is 0 Å². The van der Waals surface area contributed by atoms with E-state index in [2.05, 4.69) is 55.7 Å². The molecule has 2 aromatic carbocycles. The number of likely N-dealkylation sites (tertiary alicyclic amines) is 1. The van der Waals surface area contributed by atoms with Crippen molar-refractivity contribution in [2.45, 2.75) is 24.7 Å². The fourth-order valence-corrected chi connectivity index (χ4v) is 5.64. The number of rotatable bonds is 4. The topological polar surface area (TPSA) is 63.4 Å². The third-order valence-electron chi connectivity index (χ3n) is 7.94. The van der Waals surface area contributed by atoms with Gasteiger partial charge in [-0.15, -0.1) is 12.3 Å². The minimum atomic E-state index is -0.0635. The van der Waals surface area contributed by atoms with Gasteiger partial charge in [-0.1, -0.05) is 24.3 Å². The molecule has 37 heavy (non-hydrogen) atoms. The van der Waals surface area contributed by atoms with Gasteiger partial charge in [0.2, 0.25) is 5.78 Å². The first-order valence-electron chi connectivity index (χ1n) is 12.7. The molecule has 1 saturated carbocycles. The van der Waals surface area contributed by atoms with Gasteiger partial charge in [0.05, 0.1) is 17.4 Å². The van der Waals surface area contributed by atoms with Gasteiger partial charge in [-0.25, -0.2) is 9.97 Å². The first-order valence-corrected chi connectivity index (χ1v) is 12.7. The number of hydrogen-bond donors (Lipinski definition) is 0. The molecule has 0 bridgehead atoms. The van der Waals surface area contributed by atoms with Crippen molar-refractivity contribution in [1.29, 1.82) is 0 Å². The second-order valence-electron chi connectivity index (χ2n) is 10.1. The Bertz CT molecular complexity index is 1710. The molecular weight excluding hydrogens is 458 g/mol. The predicted molar refractivity (Wildman–Crippen MR) is 143 cm³/mol. The molecule has 1 aliphatic carbocycles. The number of carbonyl (C=O) groups is 1. The van der Waals surface area contributed by atoms with Crippen LogP contribution in [0.2, 0.25) is 0 Å². The van der Waals surface area contributed by atoms with E-state index in [0.717, 1.165) is 53.5 Å². The molecule has 0 spiro atoms. The molecule has 6 heteroatoms. The molecule has 1 aliphatic heterocycles. The molecule has 1 amide bonds. The minimum absolute atomic E-state index is 0.0380. The highest BCUT2D eigenvalue weighted by Gasteiger charge is 2.48. The van der Waals surface area contributed by atoms with Crippen LogP contribution in [0, 0.1) is 18.3 Å². The van der Waals surface area contributed by atoms with E-state index in [-0.39, 0.29) is 17.2 Å². The Balaban J connectivity index is 1.21. The van der Waals surface area contributed by atoms with E-state index < -0.39 is 0 Å². The predicted octanol–water partition coefficient (Wildman–Crippen LogP) is 5.12. The Hall–Kier alpha value is -4.50. The largest absolute Gasteiger partial charge is 0.337 e. The summed E-state index contributed by atoms with van der Waals surface area (Å²) in [7, 11) is 0. The Morgan fingerprint density at radius 1 is 1.00 bits per heavy atom. The van der Waals surface area contributed by atoms with E-state index in [1.807, 2.05) is 53.8 Å². The van der Waals surface area contributed by atoms with Crippen molar-refractivity contribution in [2.24, 2.45) is 5.92 Å². The standard InChI is InChI=1S/C31H25N5O/c1-2-21-11-15-35(19-21)29(37)23-7-5-22(6-8-23)25-17-33-30-34-18-28(36(30)20-25)31(12-13-31)26-9-10-27-24(16-26)4-3-14-32-27/h1,3-10,14,16-18,20-21H,11-13,15,19H2. The van der Waals surface area contributed by atoms with Crippen molar-refractivity contribution in [3.05, 3.63) is 96.2 Å². The van der Waals surface area contributed by atoms with Gasteiger partial charge in [0.15, 0.2) is 0 Å². The number of amides is 1. The number of hydrogen-bond acceptors (Lipinski definition) is 4. The Morgan fingerprint density at radius 3 is 2.62 bits per heavy atom. The zero-order chi connectivity index (χ0) is 25.0. The summed E-state index contributed by atoms with van der Waals surface area (Å²) in [6, 6.07) is 18.4. The van der Waals surface area contributed by atoms with Crippen LogP contribution in [0.3, 0.4) is 0 Å². The van der Waals surface area contributed by atoms with Crippen LogP contribution in [0.5, 0.6) is 0 Å². The summed E-state index contributed by atoms with van der Waals surface area (Å²) in [5, 5.41) is 1.15. The highest BCUT2D eigenvalue weighted by Crippen LogP contribution is 2.53. The van der Waals surface area contributed by atoms with Crippen LogP contribution in [-0.2, 0) is 5.41 Å². The molecule has 3 aromatic heterocycles.